The minimum Gasteiger partial charge on any atom is -0.326 e. The molecule has 1 heterocycles. The number of thioether (sulfide) groups is 2. The fraction of sp³-hybridized carbons (Fsp3) is 0.467. The van der Waals surface area contributed by atoms with Crippen LogP contribution in [0.1, 0.15) is 33.8 Å². The molecule has 1 aliphatic rings. The Morgan fingerprint density at radius 2 is 2.00 bits per heavy atom. The van der Waals surface area contributed by atoms with Crippen LogP contribution >= 0.6 is 23.5 Å². The molecule has 0 aliphatic carbocycles. The molecule has 0 bridgehead atoms. The molecule has 0 N–H and O–H groups in total. The summed E-state index contributed by atoms with van der Waals surface area (Å²) in [5.74, 6) is 2.36. The van der Waals surface area contributed by atoms with Crippen molar-refractivity contribution in [2.24, 2.45) is 0 Å². The molecule has 1 saturated heterocycles. The van der Waals surface area contributed by atoms with Crippen molar-refractivity contribution in [2.75, 3.05) is 24.6 Å². The molecule has 1 aromatic rings. The number of carbonyl (C=O) groups excluding carboxylic acids is 1. The minimum absolute atomic E-state index is 0.0652. The Labute approximate surface area is 128 Å². The van der Waals surface area contributed by atoms with E-state index >= 15 is 0 Å². The SMILES string of the molecule is CCN(CC#N)C(=O)c1ccc(C2SCCCS2)cc1. The highest BCUT2D eigenvalue weighted by Crippen LogP contribution is 2.43. The molecule has 0 spiro atoms. The topological polar surface area (TPSA) is 44.1 Å². The summed E-state index contributed by atoms with van der Waals surface area (Å²) in [6.07, 6.45) is 1.28. The maximum absolute atomic E-state index is 12.2. The Morgan fingerprint density at radius 3 is 2.55 bits per heavy atom. The van der Waals surface area contributed by atoms with Gasteiger partial charge in [-0.3, -0.25) is 4.79 Å². The predicted octanol–water partition coefficient (Wildman–Crippen LogP) is 3.54. The first-order chi connectivity index (χ1) is 9.76. The number of benzene rings is 1. The smallest absolute Gasteiger partial charge is 0.254 e. The van der Waals surface area contributed by atoms with E-state index in [1.54, 1.807) is 4.90 Å². The maximum atomic E-state index is 12.2. The van der Waals surface area contributed by atoms with E-state index < -0.39 is 0 Å². The standard InChI is InChI=1S/C15H18N2OS2/c1-2-17(9-8-16)14(18)12-4-6-13(7-5-12)15-19-10-3-11-20-15/h4-7,15H,2-3,9-11H2,1H3. The summed E-state index contributed by atoms with van der Waals surface area (Å²) in [6, 6.07) is 9.89. The Balaban J connectivity index is 2.07. The van der Waals surface area contributed by atoms with Crippen molar-refractivity contribution < 1.29 is 4.79 Å². The lowest BCUT2D eigenvalue weighted by molar-refractivity contribution is 0.0784. The lowest BCUT2D eigenvalue weighted by Gasteiger charge is -2.22. The number of rotatable bonds is 4. The van der Waals surface area contributed by atoms with Gasteiger partial charge >= 0.3 is 0 Å². The summed E-state index contributed by atoms with van der Waals surface area (Å²) in [5, 5.41) is 8.73. The third-order valence-electron chi connectivity index (χ3n) is 3.19. The molecular formula is C15H18N2OS2. The van der Waals surface area contributed by atoms with Crippen LogP contribution in [0.4, 0.5) is 0 Å². The largest absolute Gasteiger partial charge is 0.326 e. The van der Waals surface area contributed by atoms with Crippen molar-refractivity contribution in [2.45, 2.75) is 17.9 Å². The van der Waals surface area contributed by atoms with Gasteiger partial charge in [0, 0.05) is 12.1 Å². The Hall–Kier alpha value is -1.12. The van der Waals surface area contributed by atoms with Gasteiger partial charge < -0.3 is 4.90 Å². The normalized spacial score (nSPS) is 15.6. The fourth-order valence-electron chi connectivity index (χ4n) is 2.06. The third kappa shape index (κ3) is 3.71. The molecule has 20 heavy (non-hydrogen) atoms. The van der Waals surface area contributed by atoms with Crippen LogP contribution in [-0.2, 0) is 0 Å². The number of hydrogen-bond acceptors (Lipinski definition) is 4. The molecule has 0 radical (unpaired) electrons. The van der Waals surface area contributed by atoms with Crippen LogP contribution in [0, 0.1) is 11.3 Å². The van der Waals surface area contributed by atoms with E-state index in [-0.39, 0.29) is 12.5 Å². The molecule has 1 aliphatic heterocycles. The zero-order valence-corrected chi connectivity index (χ0v) is 13.2. The Bertz CT molecular complexity index is 490. The molecule has 0 saturated carbocycles. The molecule has 1 aromatic carbocycles. The summed E-state index contributed by atoms with van der Waals surface area (Å²) >= 11 is 3.95. The van der Waals surface area contributed by atoms with Gasteiger partial charge in [-0.15, -0.1) is 23.5 Å². The predicted molar refractivity (Wildman–Crippen MR) is 85.9 cm³/mol. The fourth-order valence-corrected chi connectivity index (χ4v) is 4.95. The molecule has 0 atom stereocenters. The van der Waals surface area contributed by atoms with E-state index in [0.717, 1.165) is 0 Å². The lowest BCUT2D eigenvalue weighted by atomic mass is 10.1. The van der Waals surface area contributed by atoms with E-state index in [2.05, 4.69) is 0 Å². The van der Waals surface area contributed by atoms with Crippen molar-refractivity contribution in [3.05, 3.63) is 35.4 Å². The number of amides is 1. The summed E-state index contributed by atoms with van der Waals surface area (Å²) in [4.78, 5) is 13.8. The summed E-state index contributed by atoms with van der Waals surface area (Å²) in [7, 11) is 0. The second-order valence-electron chi connectivity index (χ2n) is 4.53. The molecule has 3 nitrogen and oxygen atoms in total. The maximum Gasteiger partial charge on any atom is 0.254 e. The molecule has 0 unspecified atom stereocenters. The Morgan fingerprint density at radius 1 is 1.35 bits per heavy atom. The molecular weight excluding hydrogens is 288 g/mol. The number of carbonyl (C=O) groups is 1. The van der Waals surface area contributed by atoms with Crippen molar-refractivity contribution in [3.8, 4) is 6.07 Å². The monoisotopic (exact) mass is 306 g/mol. The van der Waals surface area contributed by atoms with Gasteiger partial charge in [0.05, 0.1) is 10.7 Å². The van der Waals surface area contributed by atoms with Crippen LogP contribution in [0.15, 0.2) is 24.3 Å². The average molecular weight is 306 g/mol. The summed E-state index contributed by atoms with van der Waals surface area (Å²) in [6.45, 7) is 2.59. The summed E-state index contributed by atoms with van der Waals surface area (Å²) in [5.41, 5.74) is 1.94. The van der Waals surface area contributed by atoms with Gasteiger partial charge in [0.15, 0.2) is 0 Å². The van der Waals surface area contributed by atoms with Gasteiger partial charge in [0.1, 0.15) is 6.54 Å². The van der Waals surface area contributed by atoms with Crippen LogP contribution < -0.4 is 0 Å². The molecule has 106 valence electrons. The van der Waals surface area contributed by atoms with Crippen LogP contribution in [0.25, 0.3) is 0 Å². The van der Waals surface area contributed by atoms with Crippen molar-refractivity contribution in [1.82, 2.24) is 4.90 Å². The van der Waals surface area contributed by atoms with Crippen molar-refractivity contribution >= 4 is 29.4 Å². The van der Waals surface area contributed by atoms with Crippen molar-refractivity contribution in [3.63, 3.8) is 0 Å². The van der Waals surface area contributed by atoms with E-state index in [1.807, 2.05) is 60.8 Å². The zero-order valence-electron chi connectivity index (χ0n) is 11.5. The Kier molecular flexibility index (Phi) is 5.81. The molecule has 5 heteroatoms. The van der Waals surface area contributed by atoms with Crippen LogP contribution in [0.3, 0.4) is 0 Å². The number of nitrogens with zero attached hydrogens (tertiary/aromatic N) is 2. The molecule has 1 amide bonds. The van der Waals surface area contributed by atoms with Gasteiger partial charge in [-0.25, -0.2) is 0 Å². The molecule has 0 aromatic heterocycles. The van der Waals surface area contributed by atoms with E-state index in [1.165, 1.54) is 23.5 Å². The first-order valence-electron chi connectivity index (χ1n) is 6.75. The number of nitriles is 1. The van der Waals surface area contributed by atoms with Gasteiger partial charge in [-0.2, -0.15) is 5.26 Å². The lowest BCUT2D eigenvalue weighted by Crippen LogP contribution is -2.31. The highest BCUT2D eigenvalue weighted by molar-refractivity contribution is 8.16. The van der Waals surface area contributed by atoms with Crippen LogP contribution in [-0.4, -0.2) is 35.4 Å². The van der Waals surface area contributed by atoms with E-state index in [0.29, 0.717) is 16.7 Å². The minimum atomic E-state index is -0.0652. The summed E-state index contributed by atoms with van der Waals surface area (Å²) < 4.78 is 0.495. The second-order valence-corrected chi connectivity index (χ2v) is 7.25. The number of hydrogen-bond donors (Lipinski definition) is 0. The van der Waals surface area contributed by atoms with E-state index in [9.17, 15) is 4.79 Å². The molecule has 1 fully saturated rings. The van der Waals surface area contributed by atoms with Gasteiger partial charge in [0.25, 0.3) is 5.91 Å². The third-order valence-corrected chi connectivity index (χ3v) is 6.20. The first kappa shape index (κ1) is 15.3. The van der Waals surface area contributed by atoms with E-state index in [4.69, 9.17) is 5.26 Å². The quantitative estimate of drug-likeness (QED) is 0.798. The van der Waals surface area contributed by atoms with Gasteiger partial charge in [-0.05, 0) is 42.5 Å². The van der Waals surface area contributed by atoms with Crippen molar-refractivity contribution in [1.29, 1.82) is 5.26 Å². The highest BCUT2D eigenvalue weighted by atomic mass is 32.2. The average Bonchev–Trinajstić information content (AvgIpc) is 2.53. The van der Waals surface area contributed by atoms with Gasteiger partial charge in [0.2, 0.25) is 0 Å². The van der Waals surface area contributed by atoms with Gasteiger partial charge in [-0.1, -0.05) is 12.1 Å². The second kappa shape index (κ2) is 7.61. The molecule has 2 rings (SSSR count). The highest BCUT2D eigenvalue weighted by Gasteiger charge is 2.18. The zero-order chi connectivity index (χ0) is 14.4. The first-order valence-corrected chi connectivity index (χ1v) is 8.85. The van der Waals surface area contributed by atoms with Crippen LogP contribution in [0.5, 0.6) is 0 Å². The van der Waals surface area contributed by atoms with Crippen LogP contribution in [0.2, 0.25) is 0 Å².